The van der Waals surface area contributed by atoms with Gasteiger partial charge >= 0.3 is 0 Å². The number of nitrogens with zero attached hydrogens (tertiary/aromatic N) is 3. The third-order valence-corrected chi connectivity index (χ3v) is 6.43. The molecule has 2 fully saturated rings. The summed E-state index contributed by atoms with van der Waals surface area (Å²) in [6.45, 7) is 5.76. The third kappa shape index (κ3) is 6.30. The lowest BCUT2D eigenvalue weighted by atomic mass is 10.0. The standard InChI is InChI=1S/C24H34ClN5O/c1-2-3-4-5-10-26-22-13-19(20(25)15-27-22)21-16-28-23(18-6-7-18)24(30-21)29-14-17-8-11-31-12-9-17/h13,15-18H,2-12,14H2,1H3,(H,26,27)(H,29,30). The van der Waals surface area contributed by atoms with Crippen LogP contribution < -0.4 is 10.6 Å². The number of hydrogen-bond acceptors (Lipinski definition) is 6. The second-order valence-corrected chi connectivity index (χ2v) is 9.14. The Balaban J connectivity index is 1.48. The van der Waals surface area contributed by atoms with E-state index >= 15 is 0 Å². The minimum Gasteiger partial charge on any atom is -0.381 e. The average molecular weight is 444 g/mol. The summed E-state index contributed by atoms with van der Waals surface area (Å²) in [6.07, 6.45) is 13.0. The number of hydrogen-bond donors (Lipinski definition) is 2. The van der Waals surface area contributed by atoms with Gasteiger partial charge in [0.2, 0.25) is 0 Å². The molecule has 6 nitrogen and oxygen atoms in total. The smallest absolute Gasteiger partial charge is 0.148 e. The van der Waals surface area contributed by atoms with Crippen molar-refractivity contribution in [1.29, 1.82) is 0 Å². The van der Waals surface area contributed by atoms with Gasteiger partial charge in [0, 0.05) is 44.0 Å². The summed E-state index contributed by atoms with van der Waals surface area (Å²) in [5, 5.41) is 7.61. The van der Waals surface area contributed by atoms with Crippen molar-refractivity contribution >= 4 is 23.2 Å². The fourth-order valence-corrected chi connectivity index (χ4v) is 4.21. The Kier molecular flexibility index (Phi) is 7.97. The molecule has 0 atom stereocenters. The SMILES string of the molecule is CCCCCCNc1cc(-c2cnc(C3CC3)c(NCC3CCOCC3)n2)c(Cl)cn1. The summed E-state index contributed by atoms with van der Waals surface area (Å²) >= 11 is 6.51. The number of unbranched alkanes of at least 4 members (excludes halogenated alkanes) is 3. The molecular formula is C24H34ClN5O. The molecule has 1 aliphatic carbocycles. The first kappa shape index (κ1) is 22.3. The molecule has 168 valence electrons. The monoisotopic (exact) mass is 443 g/mol. The normalized spacial score (nSPS) is 17.0. The quantitative estimate of drug-likeness (QED) is 0.421. The maximum Gasteiger partial charge on any atom is 0.148 e. The summed E-state index contributed by atoms with van der Waals surface area (Å²) in [5.74, 6) is 2.90. The zero-order valence-corrected chi connectivity index (χ0v) is 19.3. The zero-order valence-electron chi connectivity index (χ0n) is 18.5. The lowest BCUT2D eigenvalue weighted by Crippen LogP contribution is -2.23. The Labute approximate surface area is 190 Å². The van der Waals surface area contributed by atoms with Gasteiger partial charge < -0.3 is 15.4 Å². The van der Waals surface area contributed by atoms with Crippen LogP contribution in [-0.4, -0.2) is 41.3 Å². The van der Waals surface area contributed by atoms with Crippen molar-refractivity contribution in [2.24, 2.45) is 5.92 Å². The Morgan fingerprint density at radius 3 is 2.65 bits per heavy atom. The summed E-state index contributed by atoms with van der Waals surface area (Å²) in [6, 6.07) is 1.99. The van der Waals surface area contributed by atoms with Crippen LogP contribution in [0, 0.1) is 5.92 Å². The van der Waals surface area contributed by atoms with Gasteiger partial charge in [-0.3, -0.25) is 4.98 Å². The van der Waals surface area contributed by atoms with Gasteiger partial charge in [-0.15, -0.1) is 0 Å². The van der Waals surface area contributed by atoms with E-state index in [9.17, 15) is 0 Å². The first-order valence-electron chi connectivity index (χ1n) is 11.8. The van der Waals surface area contributed by atoms with Crippen molar-refractivity contribution in [1.82, 2.24) is 15.0 Å². The highest BCUT2D eigenvalue weighted by atomic mass is 35.5. The van der Waals surface area contributed by atoms with E-state index in [1.807, 2.05) is 12.3 Å². The minimum atomic E-state index is 0.534. The number of halogens is 1. The Morgan fingerprint density at radius 1 is 1.03 bits per heavy atom. The van der Waals surface area contributed by atoms with E-state index < -0.39 is 0 Å². The summed E-state index contributed by atoms with van der Waals surface area (Å²) in [4.78, 5) is 14.2. The maximum atomic E-state index is 6.51. The fraction of sp³-hybridized carbons (Fsp3) is 0.625. The van der Waals surface area contributed by atoms with Crippen LogP contribution in [0.15, 0.2) is 18.5 Å². The highest BCUT2D eigenvalue weighted by Gasteiger charge is 2.29. The van der Waals surface area contributed by atoms with Crippen molar-refractivity contribution in [2.75, 3.05) is 36.9 Å². The van der Waals surface area contributed by atoms with Crippen LogP contribution in [0.1, 0.15) is 69.9 Å². The van der Waals surface area contributed by atoms with E-state index in [-0.39, 0.29) is 0 Å². The number of anilines is 2. The fourth-order valence-electron chi connectivity index (χ4n) is 4.01. The minimum absolute atomic E-state index is 0.534. The van der Waals surface area contributed by atoms with Crippen molar-refractivity contribution in [3.05, 3.63) is 29.2 Å². The Bertz CT molecular complexity index is 852. The highest BCUT2D eigenvalue weighted by molar-refractivity contribution is 6.33. The molecule has 2 aromatic rings. The van der Waals surface area contributed by atoms with Crippen LogP contribution in [0.5, 0.6) is 0 Å². The molecule has 2 aliphatic rings. The number of aromatic nitrogens is 3. The second-order valence-electron chi connectivity index (χ2n) is 8.74. The van der Waals surface area contributed by atoms with Crippen LogP contribution in [-0.2, 0) is 4.74 Å². The molecule has 0 amide bonds. The molecular weight excluding hydrogens is 410 g/mol. The Hall–Kier alpha value is -1.92. The molecule has 1 saturated heterocycles. The molecule has 0 unspecified atom stereocenters. The molecule has 2 N–H and O–H groups in total. The number of rotatable bonds is 11. The van der Waals surface area contributed by atoms with Crippen molar-refractivity contribution in [3.63, 3.8) is 0 Å². The largest absolute Gasteiger partial charge is 0.381 e. The lowest BCUT2D eigenvalue weighted by molar-refractivity contribution is 0.0699. The average Bonchev–Trinajstić information content (AvgIpc) is 3.64. The van der Waals surface area contributed by atoms with Crippen molar-refractivity contribution < 1.29 is 4.74 Å². The van der Waals surface area contributed by atoms with E-state index in [1.165, 1.54) is 32.1 Å². The molecule has 0 spiro atoms. The maximum absolute atomic E-state index is 6.51. The van der Waals surface area contributed by atoms with Gasteiger partial charge in [0.1, 0.15) is 11.6 Å². The summed E-state index contributed by atoms with van der Waals surface area (Å²) < 4.78 is 5.49. The number of nitrogens with one attached hydrogen (secondary N) is 2. The van der Waals surface area contributed by atoms with Crippen molar-refractivity contribution in [2.45, 2.75) is 64.2 Å². The second kappa shape index (κ2) is 11.1. The molecule has 4 rings (SSSR count). The van der Waals surface area contributed by atoms with Gasteiger partial charge in [0.05, 0.1) is 22.6 Å². The van der Waals surface area contributed by atoms with Gasteiger partial charge in [-0.25, -0.2) is 9.97 Å². The van der Waals surface area contributed by atoms with Crippen LogP contribution in [0.4, 0.5) is 11.6 Å². The predicted octanol–water partition coefficient (Wildman–Crippen LogP) is 5.90. The highest BCUT2D eigenvalue weighted by Crippen LogP contribution is 2.42. The molecule has 0 aromatic carbocycles. The molecule has 0 radical (unpaired) electrons. The third-order valence-electron chi connectivity index (χ3n) is 6.13. The first-order chi connectivity index (χ1) is 15.2. The van der Waals surface area contributed by atoms with E-state index in [4.69, 9.17) is 26.3 Å². The van der Waals surface area contributed by atoms with Crippen LogP contribution >= 0.6 is 11.6 Å². The molecule has 1 saturated carbocycles. The van der Waals surface area contributed by atoms with Crippen molar-refractivity contribution in [3.8, 4) is 11.3 Å². The van der Waals surface area contributed by atoms with E-state index in [2.05, 4.69) is 22.5 Å². The van der Waals surface area contributed by atoms with E-state index in [0.717, 1.165) is 74.2 Å². The molecule has 1 aliphatic heterocycles. The molecule has 0 bridgehead atoms. The molecule has 31 heavy (non-hydrogen) atoms. The van der Waals surface area contributed by atoms with Gasteiger partial charge in [-0.2, -0.15) is 0 Å². The van der Waals surface area contributed by atoms with Gasteiger partial charge in [-0.05, 0) is 44.1 Å². The number of ether oxygens (including phenoxy) is 1. The topological polar surface area (TPSA) is 72.0 Å². The molecule has 7 heteroatoms. The van der Waals surface area contributed by atoms with Crippen LogP contribution in [0.2, 0.25) is 5.02 Å². The molecule has 3 heterocycles. The lowest BCUT2D eigenvalue weighted by Gasteiger charge is -2.23. The zero-order chi connectivity index (χ0) is 21.5. The summed E-state index contributed by atoms with van der Waals surface area (Å²) in [5.41, 5.74) is 2.76. The van der Waals surface area contributed by atoms with E-state index in [0.29, 0.717) is 16.9 Å². The van der Waals surface area contributed by atoms with Crippen LogP contribution in [0.3, 0.4) is 0 Å². The molecule has 2 aromatic heterocycles. The van der Waals surface area contributed by atoms with Gasteiger partial charge in [-0.1, -0.05) is 37.8 Å². The Morgan fingerprint density at radius 2 is 1.87 bits per heavy atom. The summed E-state index contributed by atoms with van der Waals surface area (Å²) in [7, 11) is 0. The van der Waals surface area contributed by atoms with Gasteiger partial charge in [0.15, 0.2) is 0 Å². The van der Waals surface area contributed by atoms with Crippen LogP contribution in [0.25, 0.3) is 11.3 Å². The van der Waals surface area contributed by atoms with E-state index in [1.54, 1.807) is 6.20 Å². The predicted molar refractivity (Wildman–Crippen MR) is 127 cm³/mol. The number of pyridine rings is 1. The van der Waals surface area contributed by atoms with Gasteiger partial charge in [0.25, 0.3) is 0 Å². The first-order valence-corrected chi connectivity index (χ1v) is 12.2.